The van der Waals surface area contributed by atoms with Crippen LogP contribution >= 0.6 is 11.3 Å². The number of nitrogens with zero attached hydrogens (tertiary/aromatic N) is 4. The van der Waals surface area contributed by atoms with Crippen molar-refractivity contribution in [1.29, 1.82) is 0 Å². The number of hydrogen-bond donors (Lipinski definition) is 1. The lowest BCUT2D eigenvalue weighted by Gasteiger charge is -2.24. The smallest absolute Gasteiger partial charge is 0.242 e. The van der Waals surface area contributed by atoms with E-state index in [2.05, 4.69) is 9.97 Å². The minimum atomic E-state index is 0.0831. The zero-order valence-electron chi connectivity index (χ0n) is 12.9. The third kappa shape index (κ3) is 3.24. The Morgan fingerprint density at radius 2 is 2.00 bits per heavy atom. The number of rotatable bonds is 5. The molecular weight excluding hydrogens is 286 g/mol. The van der Waals surface area contributed by atoms with Gasteiger partial charge in [0.05, 0.1) is 11.9 Å². The van der Waals surface area contributed by atoms with E-state index in [0.29, 0.717) is 18.9 Å². The quantitative estimate of drug-likeness (QED) is 0.913. The fourth-order valence-electron chi connectivity index (χ4n) is 2.29. The van der Waals surface area contributed by atoms with E-state index in [1.54, 1.807) is 16.2 Å². The highest BCUT2D eigenvalue weighted by atomic mass is 32.1. The van der Waals surface area contributed by atoms with Gasteiger partial charge in [-0.2, -0.15) is 4.98 Å². The molecule has 7 heteroatoms. The van der Waals surface area contributed by atoms with Gasteiger partial charge in [0.15, 0.2) is 0 Å². The summed E-state index contributed by atoms with van der Waals surface area (Å²) < 4.78 is 0. The van der Waals surface area contributed by atoms with Gasteiger partial charge in [-0.3, -0.25) is 4.79 Å². The van der Waals surface area contributed by atoms with Crippen LogP contribution < -0.4 is 10.6 Å². The lowest BCUT2D eigenvalue weighted by Crippen LogP contribution is -2.39. The van der Waals surface area contributed by atoms with Crippen molar-refractivity contribution in [2.24, 2.45) is 0 Å². The summed E-state index contributed by atoms with van der Waals surface area (Å²) in [5, 5.41) is 0.946. The Morgan fingerprint density at radius 1 is 1.33 bits per heavy atom. The molecule has 0 atom stereocenters. The van der Waals surface area contributed by atoms with E-state index < -0.39 is 0 Å². The molecule has 2 heterocycles. The van der Waals surface area contributed by atoms with Gasteiger partial charge in [-0.1, -0.05) is 0 Å². The lowest BCUT2D eigenvalue weighted by molar-refractivity contribution is -0.129. The van der Waals surface area contributed by atoms with Crippen LogP contribution in [0.2, 0.25) is 0 Å². The number of carbonyl (C=O) groups excluding carboxylic acids is 1. The maximum atomic E-state index is 12.2. The predicted molar refractivity (Wildman–Crippen MR) is 87.8 cm³/mol. The molecule has 0 aliphatic heterocycles. The SMILES string of the molecule is CCN(CC)C(=O)CN(C)c1nc(N)nc2sc(C)cc12. The Kier molecular flexibility index (Phi) is 4.62. The van der Waals surface area contributed by atoms with Crippen molar-refractivity contribution < 1.29 is 4.79 Å². The van der Waals surface area contributed by atoms with Gasteiger partial charge in [-0.05, 0) is 26.8 Å². The summed E-state index contributed by atoms with van der Waals surface area (Å²) in [6.45, 7) is 7.68. The number of likely N-dealkylation sites (N-methyl/N-ethyl adjacent to an activating group) is 2. The molecule has 0 aliphatic carbocycles. The van der Waals surface area contributed by atoms with Crippen LogP contribution in [-0.2, 0) is 4.79 Å². The maximum Gasteiger partial charge on any atom is 0.242 e. The molecule has 0 aliphatic rings. The van der Waals surface area contributed by atoms with E-state index in [4.69, 9.17) is 5.73 Å². The molecule has 0 saturated heterocycles. The van der Waals surface area contributed by atoms with E-state index in [1.165, 1.54) is 0 Å². The average molecular weight is 307 g/mol. The van der Waals surface area contributed by atoms with Crippen LogP contribution in [0.5, 0.6) is 0 Å². The van der Waals surface area contributed by atoms with Crippen LogP contribution in [0, 0.1) is 6.92 Å². The summed E-state index contributed by atoms with van der Waals surface area (Å²) in [6.07, 6.45) is 0. The van der Waals surface area contributed by atoms with E-state index in [0.717, 1.165) is 15.1 Å². The van der Waals surface area contributed by atoms with Crippen molar-refractivity contribution >= 4 is 39.2 Å². The largest absolute Gasteiger partial charge is 0.368 e. The summed E-state index contributed by atoms with van der Waals surface area (Å²) >= 11 is 1.58. The maximum absolute atomic E-state index is 12.2. The second-order valence-electron chi connectivity index (χ2n) is 4.90. The second-order valence-corrected chi connectivity index (χ2v) is 6.14. The minimum Gasteiger partial charge on any atom is -0.368 e. The highest BCUT2D eigenvalue weighted by molar-refractivity contribution is 7.18. The molecule has 0 bridgehead atoms. The third-order valence-corrected chi connectivity index (χ3v) is 4.31. The number of aryl methyl sites for hydroxylation is 1. The highest BCUT2D eigenvalue weighted by Gasteiger charge is 2.17. The molecule has 6 nitrogen and oxygen atoms in total. The number of thiophene rings is 1. The number of fused-ring (bicyclic) bond motifs is 1. The molecule has 2 aromatic heterocycles. The number of nitrogen functional groups attached to an aromatic ring is 1. The van der Waals surface area contributed by atoms with Crippen molar-refractivity contribution in [3.05, 3.63) is 10.9 Å². The molecule has 0 radical (unpaired) electrons. The molecule has 114 valence electrons. The van der Waals surface area contributed by atoms with Crippen molar-refractivity contribution in [1.82, 2.24) is 14.9 Å². The van der Waals surface area contributed by atoms with Gasteiger partial charge < -0.3 is 15.5 Å². The van der Waals surface area contributed by atoms with E-state index in [1.807, 2.05) is 38.8 Å². The molecule has 0 unspecified atom stereocenters. The zero-order valence-corrected chi connectivity index (χ0v) is 13.7. The van der Waals surface area contributed by atoms with Gasteiger partial charge in [-0.15, -0.1) is 11.3 Å². The summed E-state index contributed by atoms with van der Waals surface area (Å²) in [7, 11) is 1.86. The topological polar surface area (TPSA) is 75.4 Å². The molecule has 21 heavy (non-hydrogen) atoms. The Hall–Kier alpha value is -1.89. The Balaban J connectivity index is 2.30. The predicted octanol–water partition coefficient (Wildman–Crippen LogP) is 1.89. The minimum absolute atomic E-state index is 0.0831. The first-order chi connectivity index (χ1) is 9.96. The second kappa shape index (κ2) is 6.26. The molecule has 0 saturated carbocycles. The summed E-state index contributed by atoms with van der Waals surface area (Å²) in [4.78, 5) is 26.4. The van der Waals surface area contributed by atoms with E-state index >= 15 is 0 Å². The molecule has 0 aromatic carbocycles. The van der Waals surface area contributed by atoms with Crippen LogP contribution in [0.25, 0.3) is 10.2 Å². The van der Waals surface area contributed by atoms with Crippen molar-refractivity contribution in [2.45, 2.75) is 20.8 Å². The summed E-state index contributed by atoms with van der Waals surface area (Å²) in [5.74, 6) is 1.03. The van der Waals surface area contributed by atoms with Gasteiger partial charge in [0.25, 0.3) is 0 Å². The number of carbonyl (C=O) groups is 1. The van der Waals surface area contributed by atoms with Gasteiger partial charge in [0, 0.05) is 25.0 Å². The Bertz CT molecular complexity index is 650. The van der Waals surface area contributed by atoms with Crippen molar-refractivity contribution in [2.75, 3.05) is 37.3 Å². The molecule has 0 spiro atoms. The number of hydrogen-bond acceptors (Lipinski definition) is 6. The standard InChI is InChI=1S/C14H21N5OS/c1-5-19(6-2)11(20)8-18(4)12-10-7-9(3)21-13(10)17-14(15)16-12/h7H,5-6,8H2,1-4H3,(H2,15,16,17). The first-order valence-electron chi connectivity index (χ1n) is 6.98. The molecule has 0 fully saturated rings. The normalized spacial score (nSPS) is 10.9. The van der Waals surface area contributed by atoms with Gasteiger partial charge in [0.2, 0.25) is 11.9 Å². The van der Waals surface area contributed by atoms with Gasteiger partial charge in [0.1, 0.15) is 10.6 Å². The fourth-order valence-corrected chi connectivity index (χ4v) is 3.17. The monoisotopic (exact) mass is 307 g/mol. The number of nitrogens with two attached hydrogens (primary N) is 1. The molecule has 2 N–H and O–H groups in total. The number of anilines is 2. The fraction of sp³-hybridized carbons (Fsp3) is 0.500. The zero-order chi connectivity index (χ0) is 15.6. The third-order valence-electron chi connectivity index (χ3n) is 3.36. The first-order valence-corrected chi connectivity index (χ1v) is 7.80. The molecular formula is C14H21N5OS. The van der Waals surface area contributed by atoms with Gasteiger partial charge in [-0.25, -0.2) is 4.98 Å². The molecule has 2 aromatic rings. The van der Waals surface area contributed by atoms with Crippen LogP contribution in [0.3, 0.4) is 0 Å². The number of aromatic nitrogens is 2. The van der Waals surface area contributed by atoms with Crippen molar-refractivity contribution in [3.8, 4) is 0 Å². The lowest BCUT2D eigenvalue weighted by atomic mass is 10.3. The Morgan fingerprint density at radius 3 is 2.62 bits per heavy atom. The van der Waals surface area contributed by atoms with E-state index in [9.17, 15) is 4.79 Å². The molecule has 1 amide bonds. The van der Waals surface area contributed by atoms with Crippen LogP contribution in [0.15, 0.2) is 6.07 Å². The van der Waals surface area contributed by atoms with Crippen LogP contribution in [0.1, 0.15) is 18.7 Å². The van der Waals surface area contributed by atoms with Crippen molar-refractivity contribution in [3.63, 3.8) is 0 Å². The Labute approximate surface area is 128 Å². The van der Waals surface area contributed by atoms with Crippen LogP contribution in [0.4, 0.5) is 11.8 Å². The summed E-state index contributed by atoms with van der Waals surface area (Å²) in [6, 6.07) is 2.03. The average Bonchev–Trinajstić information content (AvgIpc) is 2.78. The summed E-state index contributed by atoms with van der Waals surface area (Å²) in [5.41, 5.74) is 5.78. The highest BCUT2D eigenvalue weighted by Crippen LogP contribution is 2.30. The van der Waals surface area contributed by atoms with Crippen LogP contribution in [-0.4, -0.2) is 47.5 Å². The van der Waals surface area contributed by atoms with Gasteiger partial charge >= 0.3 is 0 Å². The molecule has 2 rings (SSSR count). The van der Waals surface area contributed by atoms with E-state index in [-0.39, 0.29) is 18.4 Å². The first kappa shape index (κ1) is 15.5. The number of amides is 1.